The lowest BCUT2D eigenvalue weighted by atomic mass is 10.3. The van der Waals surface area contributed by atoms with Crippen molar-refractivity contribution in [1.82, 2.24) is 9.84 Å². The van der Waals surface area contributed by atoms with Crippen LogP contribution in [-0.2, 0) is 0 Å². The molecule has 0 fully saturated rings. The number of hydrogen-bond acceptors (Lipinski definition) is 3. The summed E-state index contributed by atoms with van der Waals surface area (Å²) in [5.74, 6) is 0. The van der Waals surface area contributed by atoms with Gasteiger partial charge in [-0.1, -0.05) is 12.2 Å². The van der Waals surface area contributed by atoms with Gasteiger partial charge in [-0.3, -0.25) is 0 Å². The van der Waals surface area contributed by atoms with Crippen LogP contribution in [0.2, 0.25) is 0 Å². The second kappa shape index (κ2) is 4.26. The summed E-state index contributed by atoms with van der Waals surface area (Å²) in [6.45, 7) is 8.17. The summed E-state index contributed by atoms with van der Waals surface area (Å²) < 4.78 is 2.02. The van der Waals surface area contributed by atoms with Gasteiger partial charge in [0.25, 0.3) is 0 Å². The van der Waals surface area contributed by atoms with Crippen molar-refractivity contribution in [3.63, 3.8) is 0 Å². The number of hydrogen-bond donors (Lipinski definition) is 1. The maximum atomic E-state index is 3.67. The molecule has 1 heterocycles. The van der Waals surface area contributed by atoms with Crippen molar-refractivity contribution in [3.05, 3.63) is 36.4 Å². The van der Waals surface area contributed by atoms with Crippen molar-refractivity contribution in [2.24, 2.45) is 0 Å². The van der Waals surface area contributed by atoms with Gasteiger partial charge in [-0.05, 0) is 11.9 Å². The topological polar surface area (TPSA) is 15.3 Å². The van der Waals surface area contributed by atoms with Crippen molar-refractivity contribution < 1.29 is 0 Å². The minimum Gasteiger partial charge on any atom is -0.312 e. The van der Waals surface area contributed by atoms with Crippen molar-refractivity contribution in [2.75, 3.05) is 6.54 Å². The van der Waals surface area contributed by atoms with Crippen LogP contribution in [0.3, 0.4) is 0 Å². The molecule has 0 saturated carbocycles. The molecule has 0 amide bonds. The molecule has 11 heavy (non-hydrogen) atoms. The van der Waals surface area contributed by atoms with E-state index in [9.17, 15) is 0 Å². The van der Waals surface area contributed by atoms with Crippen molar-refractivity contribution in [3.8, 4) is 0 Å². The smallest absolute Gasteiger partial charge is 0.0475 e. The molecule has 1 aliphatic rings. The Kier molecular flexibility index (Phi) is 3.26. The Labute approximate surface area is 71.8 Å². The SMILES string of the molecule is C=CCC1=CSN(CC=C)N1. The molecule has 0 spiro atoms. The van der Waals surface area contributed by atoms with Crippen LogP contribution in [0.1, 0.15) is 6.42 Å². The zero-order chi connectivity index (χ0) is 8.10. The summed E-state index contributed by atoms with van der Waals surface area (Å²) in [6, 6.07) is 0. The molecule has 0 aromatic rings. The molecule has 0 saturated heterocycles. The van der Waals surface area contributed by atoms with Gasteiger partial charge in [-0.15, -0.1) is 13.2 Å². The van der Waals surface area contributed by atoms with Crippen LogP contribution in [0.4, 0.5) is 0 Å². The van der Waals surface area contributed by atoms with Crippen molar-refractivity contribution in [2.45, 2.75) is 6.42 Å². The molecule has 1 aliphatic heterocycles. The first-order chi connectivity index (χ1) is 5.36. The monoisotopic (exact) mass is 168 g/mol. The van der Waals surface area contributed by atoms with Gasteiger partial charge in [0.05, 0.1) is 0 Å². The van der Waals surface area contributed by atoms with Gasteiger partial charge >= 0.3 is 0 Å². The number of allylic oxidation sites excluding steroid dienone is 1. The van der Waals surface area contributed by atoms with E-state index in [0.29, 0.717) is 0 Å². The summed E-state index contributed by atoms with van der Waals surface area (Å²) in [5.41, 5.74) is 4.41. The zero-order valence-corrected chi connectivity index (χ0v) is 7.23. The molecule has 0 radical (unpaired) electrons. The van der Waals surface area contributed by atoms with E-state index >= 15 is 0 Å². The van der Waals surface area contributed by atoms with E-state index < -0.39 is 0 Å². The van der Waals surface area contributed by atoms with Crippen LogP contribution in [0.15, 0.2) is 36.4 Å². The lowest BCUT2D eigenvalue weighted by molar-refractivity contribution is 0.440. The molecule has 60 valence electrons. The first-order valence-electron chi connectivity index (χ1n) is 3.48. The van der Waals surface area contributed by atoms with Crippen LogP contribution in [0.5, 0.6) is 0 Å². The molecule has 2 nitrogen and oxygen atoms in total. The fraction of sp³-hybridized carbons (Fsp3) is 0.250. The highest BCUT2D eigenvalue weighted by Crippen LogP contribution is 2.20. The van der Waals surface area contributed by atoms with Gasteiger partial charge in [0.1, 0.15) is 0 Å². The Morgan fingerprint density at radius 1 is 1.55 bits per heavy atom. The lowest BCUT2D eigenvalue weighted by Crippen LogP contribution is -2.26. The molecule has 0 aliphatic carbocycles. The van der Waals surface area contributed by atoms with Crippen LogP contribution in [0, 0.1) is 0 Å². The molecule has 0 aromatic carbocycles. The Morgan fingerprint density at radius 2 is 2.36 bits per heavy atom. The first kappa shape index (κ1) is 8.43. The highest BCUT2D eigenvalue weighted by molar-refractivity contribution is 8.00. The Morgan fingerprint density at radius 3 is 3.00 bits per heavy atom. The van der Waals surface area contributed by atoms with E-state index in [-0.39, 0.29) is 0 Å². The van der Waals surface area contributed by atoms with Gasteiger partial charge in [0.15, 0.2) is 0 Å². The fourth-order valence-electron chi connectivity index (χ4n) is 0.795. The van der Waals surface area contributed by atoms with Crippen molar-refractivity contribution >= 4 is 11.9 Å². The third-order valence-electron chi connectivity index (χ3n) is 1.25. The zero-order valence-electron chi connectivity index (χ0n) is 6.42. The number of nitrogens with zero attached hydrogens (tertiary/aromatic N) is 1. The molecule has 1 rings (SSSR count). The third-order valence-corrected chi connectivity index (χ3v) is 2.13. The van der Waals surface area contributed by atoms with Gasteiger partial charge < -0.3 is 5.43 Å². The number of nitrogens with one attached hydrogen (secondary N) is 1. The Balaban J connectivity index is 2.30. The predicted octanol–water partition coefficient (Wildman–Crippen LogP) is 2.06. The summed E-state index contributed by atoms with van der Waals surface area (Å²) in [6.07, 6.45) is 4.65. The molecule has 0 unspecified atom stereocenters. The van der Waals surface area contributed by atoms with Gasteiger partial charge in [-0.2, -0.15) is 4.41 Å². The summed E-state index contributed by atoms with van der Waals surface area (Å²) in [4.78, 5) is 0. The van der Waals surface area contributed by atoms with Crippen LogP contribution < -0.4 is 5.43 Å². The van der Waals surface area contributed by atoms with E-state index in [1.165, 1.54) is 5.70 Å². The predicted molar refractivity (Wildman–Crippen MR) is 50.5 cm³/mol. The van der Waals surface area contributed by atoms with Crippen LogP contribution >= 0.6 is 11.9 Å². The van der Waals surface area contributed by atoms with E-state index in [1.54, 1.807) is 11.9 Å². The van der Waals surface area contributed by atoms with Gasteiger partial charge in [0.2, 0.25) is 0 Å². The standard InChI is InChI=1S/C8H12N2S/c1-3-5-8-7-11-10(9-8)6-4-2/h3-4,7,9H,1-2,5-6H2. The molecular formula is C8H12N2S. The summed E-state index contributed by atoms with van der Waals surface area (Å²) >= 11 is 1.66. The molecule has 1 N–H and O–H groups in total. The second-order valence-electron chi connectivity index (χ2n) is 2.20. The van der Waals surface area contributed by atoms with Crippen molar-refractivity contribution in [1.29, 1.82) is 0 Å². The molecule has 3 heteroatoms. The minimum atomic E-state index is 0.849. The third kappa shape index (κ3) is 2.44. The summed E-state index contributed by atoms with van der Waals surface area (Å²) in [5, 5.41) is 2.09. The largest absolute Gasteiger partial charge is 0.312 e. The molecular weight excluding hydrogens is 156 g/mol. The molecule has 0 bridgehead atoms. The normalized spacial score (nSPS) is 17.3. The Hall–Kier alpha value is -0.670. The fourth-order valence-corrected chi connectivity index (χ4v) is 1.56. The average Bonchev–Trinajstić information content (AvgIpc) is 2.38. The number of rotatable bonds is 4. The second-order valence-corrected chi connectivity index (χ2v) is 3.09. The first-order valence-corrected chi connectivity index (χ1v) is 4.32. The van der Waals surface area contributed by atoms with Gasteiger partial charge in [-0.25, -0.2) is 0 Å². The molecule has 0 aromatic heterocycles. The van der Waals surface area contributed by atoms with E-state index in [1.807, 2.05) is 16.6 Å². The van der Waals surface area contributed by atoms with Gasteiger partial charge in [0, 0.05) is 24.1 Å². The quantitative estimate of drug-likeness (QED) is 0.511. The van der Waals surface area contributed by atoms with Crippen LogP contribution in [0.25, 0.3) is 0 Å². The highest BCUT2D eigenvalue weighted by Gasteiger charge is 2.10. The highest BCUT2D eigenvalue weighted by atomic mass is 32.2. The average molecular weight is 168 g/mol. The lowest BCUT2D eigenvalue weighted by Gasteiger charge is -2.12. The number of hydrazine groups is 1. The van der Waals surface area contributed by atoms with E-state index in [4.69, 9.17) is 0 Å². The van der Waals surface area contributed by atoms with E-state index in [2.05, 4.69) is 24.0 Å². The maximum Gasteiger partial charge on any atom is 0.0475 e. The minimum absolute atomic E-state index is 0.849. The maximum absolute atomic E-state index is 3.67. The Bertz CT molecular complexity index is 187. The summed E-state index contributed by atoms with van der Waals surface area (Å²) in [7, 11) is 0. The molecule has 0 atom stereocenters. The van der Waals surface area contributed by atoms with Crippen LogP contribution in [-0.4, -0.2) is 11.0 Å². The van der Waals surface area contributed by atoms with E-state index in [0.717, 1.165) is 13.0 Å².